The van der Waals surface area contributed by atoms with Crippen LogP contribution in [0.3, 0.4) is 0 Å². The minimum atomic E-state index is -0.0502. The van der Waals surface area contributed by atoms with Crippen molar-refractivity contribution in [2.45, 2.75) is 6.42 Å². The van der Waals surface area contributed by atoms with Crippen molar-refractivity contribution in [1.82, 2.24) is 19.9 Å². The predicted molar refractivity (Wildman–Crippen MR) is 97.6 cm³/mol. The number of aromatic nitrogens is 3. The Balaban J connectivity index is 1.68. The summed E-state index contributed by atoms with van der Waals surface area (Å²) in [5.41, 5.74) is 3.88. The molecule has 1 aromatic carbocycles. The largest absolute Gasteiger partial charge is 0.340 e. The lowest BCUT2D eigenvalue weighted by Crippen LogP contribution is -2.10. The predicted octanol–water partition coefficient (Wildman–Crippen LogP) is 3.54. The van der Waals surface area contributed by atoms with Gasteiger partial charge in [-0.15, -0.1) is 0 Å². The Morgan fingerprint density at radius 1 is 1.28 bits per heavy atom. The number of benzene rings is 1. The van der Waals surface area contributed by atoms with Gasteiger partial charge in [-0.1, -0.05) is 18.2 Å². The molecule has 1 fully saturated rings. The van der Waals surface area contributed by atoms with E-state index in [-0.39, 0.29) is 5.91 Å². The van der Waals surface area contributed by atoms with E-state index in [0.29, 0.717) is 28.6 Å². The van der Waals surface area contributed by atoms with E-state index in [1.54, 1.807) is 10.7 Å². The van der Waals surface area contributed by atoms with E-state index in [1.807, 2.05) is 42.6 Å². The molecule has 0 atom stereocenters. The first-order valence-corrected chi connectivity index (χ1v) is 8.03. The molecule has 124 valence electrons. The van der Waals surface area contributed by atoms with Crippen molar-refractivity contribution in [3.05, 3.63) is 71.2 Å². The van der Waals surface area contributed by atoms with E-state index in [9.17, 15) is 4.79 Å². The Labute approximate surface area is 148 Å². The molecule has 0 spiro atoms. The number of anilines is 2. The van der Waals surface area contributed by atoms with Crippen molar-refractivity contribution in [2.24, 2.45) is 0 Å². The van der Waals surface area contributed by atoms with Gasteiger partial charge in [-0.3, -0.25) is 4.79 Å². The monoisotopic (exact) mass is 351 g/mol. The number of nitrogens with one attached hydrogen (secondary N) is 2. The highest BCUT2D eigenvalue weighted by molar-refractivity contribution is 6.30. The number of hydrogen-bond acceptors (Lipinski definition) is 4. The van der Waals surface area contributed by atoms with Crippen molar-refractivity contribution < 1.29 is 4.79 Å². The molecule has 0 radical (unpaired) electrons. The SMILES string of the molecule is C=C1NC(=O)C/C1=C\c1cnn2ccc(Nc3ccc(Cl)cc3)nc12. The topological polar surface area (TPSA) is 71.3 Å². The van der Waals surface area contributed by atoms with Gasteiger partial charge in [0.1, 0.15) is 5.82 Å². The van der Waals surface area contributed by atoms with Crippen LogP contribution in [0.4, 0.5) is 11.5 Å². The first-order valence-electron chi connectivity index (χ1n) is 7.65. The average Bonchev–Trinajstić information content (AvgIpc) is 3.13. The summed E-state index contributed by atoms with van der Waals surface area (Å²) in [5, 5.41) is 10.9. The zero-order chi connectivity index (χ0) is 17.4. The van der Waals surface area contributed by atoms with Crippen LogP contribution < -0.4 is 10.6 Å². The third-order valence-corrected chi connectivity index (χ3v) is 4.12. The summed E-state index contributed by atoms with van der Waals surface area (Å²) in [6.45, 7) is 3.86. The molecular formula is C18H14ClN5O. The molecule has 0 aliphatic carbocycles. The van der Waals surface area contributed by atoms with Gasteiger partial charge in [0.25, 0.3) is 0 Å². The van der Waals surface area contributed by atoms with E-state index in [4.69, 9.17) is 11.6 Å². The summed E-state index contributed by atoms with van der Waals surface area (Å²) < 4.78 is 1.69. The van der Waals surface area contributed by atoms with Gasteiger partial charge in [-0.25, -0.2) is 9.50 Å². The number of carbonyl (C=O) groups is 1. The number of allylic oxidation sites excluding steroid dienone is 1. The number of fused-ring (bicyclic) bond motifs is 1. The molecule has 1 saturated heterocycles. The fourth-order valence-corrected chi connectivity index (χ4v) is 2.76. The Morgan fingerprint density at radius 2 is 2.08 bits per heavy atom. The lowest BCUT2D eigenvalue weighted by Gasteiger charge is -2.06. The Kier molecular flexibility index (Phi) is 3.74. The fourth-order valence-electron chi connectivity index (χ4n) is 2.64. The first-order chi connectivity index (χ1) is 12.1. The maximum Gasteiger partial charge on any atom is 0.228 e. The molecule has 1 aliphatic heterocycles. The van der Waals surface area contributed by atoms with Crippen LogP contribution in [0.25, 0.3) is 11.7 Å². The second-order valence-electron chi connectivity index (χ2n) is 5.69. The van der Waals surface area contributed by atoms with Crippen LogP contribution in [0.2, 0.25) is 5.02 Å². The number of rotatable bonds is 3. The van der Waals surface area contributed by atoms with Gasteiger partial charge in [0.15, 0.2) is 5.65 Å². The molecule has 0 bridgehead atoms. The van der Waals surface area contributed by atoms with Gasteiger partial charge in [0.2, 0.25) is 5.91 Å². The van der Waals surface area contributed by atoms with Crippen LogP contribution in [0.15, 0.2) is 60.6 Å². The van der Waals surface area contributed by atoms with Gasteiger partial charge < -0.3 is 10.6 Å². The van der Waals surface area contributed by atoms with Gasteiger partial charge in [0.05, 0.1) is 12.6 Å². The first kappa shape index (κ1) is 15.4. The summed E-state index contributed by atoms with van der Waals surface area (Å²) in [6, 6.07) is 9.23. The van der Waals surface area contributed by atoms with Crippen LogP contribution in [0, 0.1) is 0 Å². The van der Waals surface area contributed by atoms with Gasteiger partial charge >= 0.3 is 0 Å². The molecule has 1 amide bonds. The lowest BCUT2D eigenvalue weighted by atomic mass is 10.1. The summed E-state index contributed by atoms with van der Waals surface area (Å²) in [7, 11) is 0. The van der Waals surface area contributed by atoms with Gasteiger partial charge in [-0.2, -0.15) is 5.10 Å². The molecule has 0 unspecified atom stereocenters. The van der Waals surface area contributed by atoms with Gasteiger partial charge in [0, 0.05) is 28.2 Å². The third-order valence-electron chi connectivity index (χ3n) is 3.87. The molecular weight excluding hydrogens is 338 g/mol. The van der Waals surface area contributed by atoms with E-state index < -0.39 is 0 Å². The Bertz CT molecular complexity index is 1020. The number of carbonyl (C=O) groups excluding carboxylic acids is 1. The highest BCUT2D eigenvalue weighted by Gasteiger charge is 2.19. The highest BCUT2D eigenvalue weighted by atomic mass is 35.5. The van der Waals surface area contributed by atoms with Crippen LogP contribution in [-0.4, -0.2) is 20.5 Å². The standard InChI is InChI=1S/C18H14ClN5O/c1-11-12(9-17(25)21-11)8-13-10-20-24-7-6-16(23-18(13)24)22-15-4-2-14(19)3-5-15/h2-8,10H,1,9H2,(H,21,25)(H,22,23)/b12-8+. The molecule has 6 nitrogen and oxygen atoms in total. The number of nitrogens with zero attached hydrogens (tertiary/aromatic N) is 3. The van der Waals surface area contributed by atoms with E-state index in [0.717, 1.165) is 16.8 Å². The second kappa shape index (κ2) is 6.07. The summed E-state index contributed by atoms with van der Waals surface area (Å²) in [4.78, 5) is 16.1. The quantitative estimate of drug-likeness (QED) is 0.757. The second-order valence-corrected chi connectivity index (χ2v) is 6.12. The van der Waals surface area contributed by atoms with E-state index in [2.05, 4.69) is 27.3 Å². The molecule has 2 N–H and O–H groups in total. The fraction of sp³-hybridized carbons (Fsp3) is 0.0556. The number of hydrogen-bond donors (Lipinski definition) is 2. The molecule has 3 aromatic rings. The van der Waals surface area contributed by atoms with Crippen LogP contribution in [0.1, 0.15) is 12.0 Å². The third kappa shape index (κ3) is 3.12. The maximum absolute atomic E-state index is 11.5. The van der Waals surface area contributed by atoms with Crippen LogP contribution in [0.5, 0.6) is 0 Å². The molecule has 1 aliphatic rings. The highest BCUT2D eigenvalue weighted by Crippen LogP contribution is 2.23. The number of amides is 1. The van der Waals surface area contributed by atoms with E-state index in [1.165, 1.54) is 0 Å². The molecule has 3 heterocycles. The smallest absolute Gasteiger partial charge is 0.228 e. The van der Waals surface area contributed by atoms with Crippen LogP contribution in [-0.2, 0) is 4.79 Å². The molecule has 7 heteroatoms. The minimum Gasteiger partial charge on any atom is -0.340 e. The van der Waals surface area contributed by atoms with E-state index >= 15 is 0 Å². The molecule has 0 saturated carbocycles. The molecule has 25 heavy (non-hydrogen) atoms. The average molecular weight is 352 g/mol. The van der Waals surface area contributed by atoms with Crippen molar-refractivity contribution in [2.75, 3.05) is 5.32 Å². The summed E-state index contributed by atoms with van der Waals surface area (Å²) >= 11 is 5.90. The zero-order valence-corrected chi connectivity index (χ0v) is 13.9. The number of halogens is 1. The minimum absolute atomic E-state index is 0.0502. The lowest BCUT2D eigenvalue weighted by molar-refractivity contribution is -0.118. The van der Waals surface area contributed by atoms with Crippen molar-refractivity contribution in [3.8, 4) is 0 Å². The Morgan fingerprint density at radius 3 is 2.80 bits per heavy atom. The molecule has 2 aromatic heterocycles. The normalized spacial score (nSPS) is 15.8. The molecule has 4 rings (SSSR count). The maximum atomic E-state index is 11.5. The van der Waals surface area contributed by atoms with Crippen molar-refractivity contribution >= 4 is 40.7 Å². The van der Waals surface area contributed by atoms with Crippen molar-refractivity contribution in [1.29, 1.82) is 0 Å². The van der Waals surface area contributed by atoms with Gasteiger partial charge in [-0.05, 0) is 42.0 Å². The summed E-state index contributed by atoms with van der Waals surface area (Å²) in [6.07, 6.45) is 5.76. The zero-order valence-electron chi connectivity index (χ0n) is 13.2. The summed E-state index contributed by atoms with van der Waals surface area (Å²) in [5.74, 6) is 0.639. The Hall–Kier alpha value is -3.12. The van der Waals surface area contributed by atoms with Crippen LogP contribution >= 0.6 is 11.6 Å². The van der Waals surface area contributed by atoms with Crippen molar-refractivity contribution in [3.63, 3.8) is 0 Å².